The third-order valence-electron chi connectivity index (χ3n) is 3.38. The lowest BCUT2D eigenvalue weighted by Gasteiger charge is -2.13. The Morgan fingerprint density at radius 1 is 1.21 bits per heavy atom. The predicted octanol–water partition coefficient (Wildman–Crippen LogP) is 1.49. The third kappa shape index (κ3) is 1.93. The van der Waals surface area contributed by atoms with Crippen LogP contribution in [0.15, 0.2) is 30.5 Å². The molecule has 0 bridgehead atoms. The summed E-state index contributed by atoms with van der Waals surface area (Å²) in [5.41, 5.74) is 8.16. The first-order valence-corrected chi connectivity index (χ1v) is 6.17. The fourth-order valence-electron chi connectivity index (χ4n) is 2.39. The number of Topliss-reactive ketones (excluding diaryl/α,β-unsaturated/α-hetero) is 1. The molecule has 0 saturated carbocycles. The van der Waals surface area contributed by atoms with Gasteiger partial charge in [0, 0.05) is 12.0 Å². The summed E-state index contributed by atoms with van der Waals surface area (Å²) in [6, 6.07) is 6.89. The maximum Gasteiger partial charge on any atom is 0.248 e. The highest BCUT2D eigenvalue weighted by Gasteiger charge is 2.22. The van der Waals surface area contributed by atoms with Crippen LogP contribution in [0.4, 0.5) is 0 Å². The van der Waals surface area contributed by atoms with Crippen LogP contribution in [-0.4, -0.2) is 21.5 Å². The fourth-order valence-corrected chi connectivity index (χ4v) is 2.39. The Kier molecular flexibility index (Phi) is 2.67. The van der Waals surface area contributed by atoms with E-state index in [1.54, 1.807) is 35.1 Å². The Labute approximate surface area is 110 Å². The Balaban J connectivity index is 2.03. The van der Waals surface area contributed by atoms with Crippen molar-refractivity contribution in [3.05, 3.63) is 47.3 Å². The van der Waals surface area contributed by atoms with Crippen molar-refractivity contribution in [2.75, 3.05) is 0 Å². The normalized spacial score (nSPS) is 14.2. The summed E-state index contributed by atoms with van der Waals surface area (Å²) in [5, 5.41) is 4.27. The maximum atomic E-state index is 11.8. The first-order valence-electron chi connectivity index (χ1n) is 6.17. The van der Waals surface area contributed by atoms with Crippen LogP contribution in [0.2, 0.25) is 0 Å². The lowest BCUT2D eigenvalue weighted by Crippen LogP contribution is -2.13. The fraction of sp³-hybridized carbons (Fsp3) is 0.214. The quantitative estimate of drug-likeness (QED) is 0.883. The Morgan fingerprint density at radius 3 is 2.63 bits per heavy atom. The van der Waals surface area contributed by atoms with E-state index in [9.17, 15) is 9.59 Å². The van der Waals surface area contributed by atoms with Gasteiger partial charge in [0.25, 0.3) is 0 Å². The molecule has 1 heterocycles. The smallest absolute Gasteiger partial charge is 0.248 e. The number of hydrogen-bond acceptors (Lipinski definition) is 3. The molecule has 1 aromatic heterocycles. The molecule has 1 aliphatic rings. The van der Waals surface area contributed by atoms with Crippen molar-refractivity contribution >= 4 is 11.7 Å². The van der Waals surface area contributed by atoms with Gasteiger partial charge < -0.3 is 5.73 Å². The Morgan fingerprint density at radius 2 is 1.95 bits per heavy atom. The molecule has 0 spiro atoms. The number of rotatable bonds is 2. The summed E-state index contributed by atoms with van der Waals surface area (Å²) in [6.45, 7) is 0. The van der Waals surface area contributed by atoms with Gasteiger partial charge in [-0.25, -0.2) is 4.68 Å². The van der Waals surface area contributed by atoms with Crippen molar-refractivity contribution in [1.29, 1.82) is 0 Å². The van der Waals surface area contributed by atoms with E-state index in [0.29, 0.717) is 17.5 Å². The topological polar surface area (TPSA) is 78.0 Å². The van der Waals surface area contributed by atoms with E-state index in [4.69, 9.17) is 5.73 Å². The number of carbonyl (C=O) groups excluding carboxylic acids is 2. The molecule has 5 heteroatoms. The zero-order valence-electron chi connectivity index (χ0n) is 10.3. The summed E-state index contributed by atoms with van der Waals surface area (Å²) >= 11 is 0. The minimum Gasteiger partial charge on any atom is -0.366 e. The zero-order valence-corrected chi connectivity index (χ0v) is 10.3. The number of aromatic nitrogens is 2. The van der Waals surface area contributed by atoms with Gasteiger partial charge >= 0.3 is 0 Å². The van der Waals surface area contributed by atoms with Gasteiger partial charge in [-0.05, 0) is 37.1 Å². The van der Waals surface area contributed by atoms with E-state index in [1.165, 1.54) is 0 Å². The molecule has 0 aliphatic heterocycles. The van der Waals surface area contributed by atoms with Crippen LogP contribution in [0, 0.1) is 0 Å². The van der Waals surface area contributed by atoms with Gasteiger partial charge in [0.05, 0.1) is 23.1 Å². The highest BCUT2D eigenvalue weighted by molar-refractivity contribution is 5.98. The van der Waals surface area contributed by atoms with Gasteiger partial charge in [-0.2, -0.15) is 5.10 Å². The van der Waals surface area contributed by atoms with Crippen molar-refractivity contribution in [3.63, 3.8) is 0 Å². The van der Waals surface area contributed by atoms with Crippen molar-refractivity contribution in [2.45, 2.75) is 19.3 Å². The molecule has 3 rings (SSSR count). The molecule has 96 valence electrons. The minimum atomic E-state index is -0.454. The second-order valence-electron chi connectivity index (χ2n) is 4.60. The summed E-state index contributed by atoms with van der Waals surface area (Å²) in [6.07, 6.45) is 3.92. The number of fused-ring (bicyclic) bond motifs is 1. The standard InChI is InChI=1S/C14H13N3O2/c15-14(19)9-4-6-10(7-5-9)17-12-2-1-3-13(18)11(12)8-16-17/h4-8H,1-3H2,(H2,15,19). The van der Waals surface area contributed by atoms with Gasteiger partial charge in [0.2, 0.25) is 5.91 Å². The van der Waals surface area contributed by atoms with Gasteiger partial charge in [0.15, 0.2) is 5.78 Å². The van der Waals surface area contributed by atoms with Crippen LogP contribution in [0.1, 0.15) is 39.3 Å². The molecule has 0 unspecified atom stereocenters. The number of amides is 1. The number of nitrogens with zero attached hydrogens (tertiary/aromatic N) is 2. The summed E-state index contributed by atoms with van der Waals surface area (Å²) in [4.78, 5) is 22.8. The summed E-state index contributed by atoms with van der Waals surface area (Å²) in [5.74, 6) is -0.300. The van der Waals surface area contributed by atoms with E-state index < -0.39 is 5.91 Å². The Bertz CT molecular complexity index is 656. The lowest BCUT2D eigenvalue weighted by atomic mass is 9.97. The predicted molar refractivity (Wildman–Crippen MR) is 69.4 cm³/mol. The molecule has 1 aliphatic carbocycles. The molecular formula is C14H13N3O2. The second kappa shape index (κ2) is 4.35. The summed E-state index contributed by atoms with van der Waals surface area (Å²) < 4.78 is 1.76. The monoisotopic (exact) mass is 255 g/mol. The SMILES string of the molecule is NC(=O)c1ccc(-n2ncc3c2CCCC3=O)cc1. The van der Waals surface area contributed by atoms with Gasteiger partial charge in [-0.1, -0.05) is 0 Å². The highest BCUT2D eigenvalue weighted by atomic mass is 16.1. The van der Waals surface area contributed by atoms with E-state index in [2.05, 4.69) is 5.10 Å². The van der Waals surface area contributed by atoms with E-state index in [-0.39, 0.29) is 5.78 Å². The van der Waals surface area contributed by atoms with E-state index in [0.717, 1.165) is 24.2 Å². The van der Waals surface area contributed by atoms with Crippen LogP contribution >= 0.6 is 0 Å². The van der Waals surface area contributed by atoms with Crippen LogP contribution in [0.25, 0.3) is 5.69 Å². The van der Waals surface area contributed by atoms with Crippen LogP contribution in [-0.2, 0) is 6.42 Å². The minimum absolute atomic E-state index is 0.154. The van der Waals surface area contributed by atoms with E-state index >= 15 is 0 Å². The number of benzene rings is 1. The number of carbonyl (C=O) groups is 2. The lowest BCUT2D eigenvalue weighted by molar-refractivity contribution is 0.0970. The van der Waals surface area contributed by atoms with E-state index in [1.807, 2.05) is 0 Å². The first-order chi connectivity index (χ1) is 9.16. The van der Waals surface area contributed by atoms with Crippen LogP contribution in [0.5, 0.6) is 0 Å². The zero-order chi connectivity index (χ0) is 13.4. The molecule has 1 amide bonds. The van der Waals surface area contributed by atoms with Crippen LogP contribution in [0.3, 0.4) is 0 Å². The molecule has 19 heavy (non-hydrogen) atoms. The molecule has 0 saturated heterocycles. The molecule has 5 nitrogen and oxygen atoms in total. The number of primary amides is 1. The number of nitrogens with two attached hydrogens (primary N) is 1. The van der Waals surface area contributed by atoms with Crippen molar-refractivity contribution in [2.24, 2.45) is 5.73 Å². The second-order valence-corrected chi connectivity index (χ2v) is 4.60. The molecular weight excluding hydrogens is 242 g/mol. The average molecular weight is 255 g/mol. The summed E-state index contributed by atoms with van der Waals surface area (Å²) in [7, 11) is 0. The van der Waals surface area contributed by atoms with Crippen molar-refractivity contribution in [1.82, 2.24) is 9.78 Å². The first kappa shape index (κ1) is 11.6. The third-order valence-corrected chi connectivity index (χ3v) is 3.38. The van der Waals surface area contributed by atoms with Crippen molar-refractivity contribution in [3.8, 4) is 5.69 Å². The molecule has 0 atom stereocenters. The average Bonchev–Trinajstić information content (AvgIpc) is 2.84. The molecule has 0 fully saturated rings. The number of ketones is 1. The molecule has 0 radical (unpaired) electrons. The van der Waals surface area contributed by atoms with Crippen LogP contribution < -0.4 is 5.73 Å². The highest BCUT2D eigenvalue weighted by Crippen LogP contribution is 2.23. The van der Waals surface area contributed by atoms with Crippen molar-refractivity contribution < 1.29 is 9.59 Å². The van der Waals surface area contributed by atoms with Gasteiger partial charge in [0.1, 0.15) is 0 Å². The molecule has 1 aromatic carbocycles. The number of hydrogen-bond donors (Lipinski definition) is 1. The largest absolute Gasteiger partial charge is 0.366 e. The molecule has 2 aromatic rings. The van der Waals surface area contributed by atoms with Gasteiger partial charge in [-0.3, -0.25) is 9.59 Å². The molecule has 2 N–H and O–H groups in total. The maximum absolute atomic E-state index is 11.8. The Hall–Kier alpha value is -2.43. The van der Waals surface area contributed by atoms with Gasteiger partial charge in [-0.15, -0.1) is 0 Å².